The van der Waals surface area contributed by atoms with Crippen LogP contribution in [0.5, 0.6) is 0 Å². The molecule has 2 aliphatic rings. The van der Waals surface area contributed by atoms with E-state index in [2.05, 4.69) is 20.8 Å². The van der Waals surface area contributed by atoms with Crippen LogP contribution in [-0.2, 0) is 0 Å². The zero-order valence-corrected chi connectivity index (χ0v) is 10.9. The molecule has 0 aromatic heterocycles. The van der Waals surface area contributed by atoms with Crippen molar-refractivity contribution in [3.63, 3.8) is 0 Å². The third-order valence-corrected chi connectivity index (χ3v) is 4.43. The SMILES string of the molecule is CC1CC(C)(C)CC(O)(C2(N)CC(F)(F)C2)C1. The molecular weight excluding hydrogens is 224 g/mol. The lowest BCUT2D eigenvalue weighted by molar-refractivity contribution is -0.214. The minimum Gasteiger partial charge on any atom is -0.388 e. The van der Waals surface area contributed by atoms with Gasteiger partial charge in [0.25, 0.3) is 5.92 Å². The van der Waals surface area contributed by atoms with Crippen LogP contribution in [0.15, 0.2) is 0 Å². The first kappa shape index (κ1) is 13.2. The van der Waals surface area contributed by atoms with Crippen molar-refractivity contribution >= 4 is 0 Å². The van der Waals surface area contributed by atoms with E-state index in [0.717, 1.165) is 6.42 Å². The second-order valence-electron chi connectivity index (χ2n) is 7.25. The van der Waals surface area contributed by atoms with E-state index in [1.165, 1.54) is 0 Å². The van der Waals surface area contributed by atoms with Crippen molar-refractivity contribution in [3.05, 3.63) is 0 Å². The highest BCUT2D eigenvalue weighted by Gasteiger charge is 2.65. The Hall–Kier alpha value is -0.220. The monoisotopic (exact) mass is 247 g/mol. The van der Waals surface area contributed by atoms with E-state index in [4.69, 9.17) is 5.73 Å². The number of alkyl halides is 2. The predicted molar refractivity (Wildman–Crippen MR) is 62.8 cm³/mol. The number of halogens is 2. The Kier molecular flexibility index (Phi) is 2.65. The van der Waals surface area contributed by atoms with Crippen LogP contribution in [0.4, 0.5) is 8.78 Å². The van der Waals surface area contributed by atoms with Gasteiger partial charge in [-0.25, -0.2) is 8.78 Å². The van der Waals surface area contributed by atoms with Gasteiger partial charge < -0.3 is 10.8 Å². The average molecular weight is 247 g/mol. The molecule has 0 spiro atoms. The lowest BCUT2D eigenvalue weighted by Crippen LogP contribution is -2.73. The Morgan fingerprint density at radius 1 is 1.12 bits per heavy atom. The third-order valence-electron chi connectivity index (χ3n) is 4.43. The molecule has 0 amide bonds. The Labute approximate surface area is 102 Å². The Morgan fingerprint density at radius 2 is 1.65 bits per heavy atom. The number of hydrogen-bond acceptors (Lipinski definition) is 2. The standard InChI is InChI=1S/C13H23F2NO/c1-9-4-10(2,3)6-12(17,5-9)11(16)7-13(14,15)8-11/h9,17H,4-8,16H2,1-3H3. The van der Waals surface area contributed by atoms with Gasteiger partial charge in [0.05, 0.1) is 11.1 Å². The molecule has 0 aromatic carbocycles. The smallest absolute Gasteiger partial charge is 0.251 e. The number of nitrogens with two attached hydrogens (primary N) is 1. The van der Waals surface area contributed by atoms with Crippen LogP contribution in [0, 0.1) is 11.3 Å². The van der Waals surface area contributed by atoms with Gasteiger partial charge in [0.15, 0.2) is 0 Å². The van der Waals surface area contributed by atoms with Gasteiger partial charge >= 0.3 is 0 Å². The predicted octanol–water partition coefficient (Wildman–Crippen LogP) is 2.69. The average Bonchev–Trinajstić information content (AvgIpc) is 1.93. The van der Waals surface area contributed by atoms with Gasteiger partial charge in [-0.1, -0.05) is 20.8 Å². The summed E-state index contributed by atoms with van der Waals surface area (Å²) in [5, 5.41) is 10.7. The molecular formula is C13H23F2NO. The molecule has 3 N–H and O–H groups in total. The highest BCUT2D eigenvalue weighted by Crippen LogP contribution is 2.56. The zero-order chi connectivity index (χ0) is 13.1. The van der Waals surface area contributed by atoms with Gasteiger partial charge in [-0.3, -0.25) is 0 Å². The summed E-state index contributed by atoms with van der Waals surface area (Å²) in [5.74, 6) is -2.35. The van der Waals surface area contributed by atoms with Gasteiger partial charge in [-0.05, 0) is 30.6 Å². The maximum absolute atomic E-state index is 13.1. The van der Waals surface area contributed by atoms with E-state index in [9.17, 15) is 13.9 Å². The first-order chi connectivity index (χ1) is 7.47. The van der Waals surface area contributed by atoms with Crippen molar-refractivity contribution in [1.82, 2.24) is 0 Å². The number of rotatable bonds is 1. The lowest BCUT2D eigenvalue weighted by atomic mass is 9.54. The molecule has 0 bridgehead atoms. The highest BCUT2D eigenvalue weighted by atomic mass is 19.3. The van der Waals surface area contributed by atoms with Crippen molar-refractivity contribution in [2.75, 3.05) is 0 Å². The van der Waals surface area contributed by atoms with Gasteiger partial charge in [0.1, 0.15) is 0 Å². The van der Waals surface area contributed by atoms with Crippen LogP contribution in [0.1, 0.15) is 52.9 Å². The van der Waals surface area contributed by atoms with Crippen LogP contribution >= 0.6 is 0 Å². The summed E-state index contributed by atoms with van der Waals surface area (Å²) in [6.07, 6.45) is 1.33. The molecule has 0 saturated heterocycles. The van der Waals surface area contributed by atoms with E-state index >= 15 is 0 Å². The maximum atomic E-state index is 13.1. The van der Waals surface area contributed by atoms with Crippen molar-refractivity contribution < 1.29 is 13.9 Å². The molecule has 17 heavy (non-hydrogen) atoms. The molecule has 2 unspecified atom stereocenters. The summed E-state index contributed by atoms with van der Waals surface area (Å²) in [6.45, 7) is 6.22. The molecule has 100 valence electrons. The van der Waals surface area contributed by atoms with Crippen LogP contribution in [0.3, 0.4) is 0 Å². The second-order valence-corrected chi connectivity index (χ2v) is 7.25. The van der Waals surface area contributed by atoms with Gasteiger partial charge in [0.2, 0.25) is 0 Å². The molecule has 2 atom stereocenters. The second kappa shape index (κ2) is 3.41. The van der Waals surface area contributed by atoms with Crippen LogP contribution < -0.4 is 5.73 Å². The minimum atomic E-state index is -2.69. The third kappa shape index (κ3) is 2.22. The summed E-state index contributed by atoms with van der Waals surface area (Å²) in [6, 6.07) is 0. The fraction of sp³-hybridized carbons (Fsp3) is 1.00. The molecule has 0 aromatic rings. The van der Waals surface area contributed by atoms with E-state index in [1.807, 2.05) is 0 Å². The molecule has 0 aliphatic heterocycles. The first-order valence-electron chi connectivity index (χ1n) is 6.36. The molecule has 0 heterocycles. The van der Waals surface area contributed by atoms with E-state index < -0.39 is 17.1 Å². The first-order valence-corrected chi connectivity index (χ1v) is 6.36. The normalized spacial score (nSPS) is 42.9. The fourth-order valence-electron chi connectivity index (χ4n) is 4.11. The molecule has 2 rings (SSSR count). The molecule has 2 nitrogen and oxygen atoms in total. The quantitative estimate of drug-likeness (QED) is 0.748. The van der Waals surface area contributed by atoms with Gasteiger partial charge in [-0.2, -0.15) is 0 Å². The maximum Gasteiger partial charge on any atom is 0.251 e. The van der Waals surface area contributed by atoms with Crippen molar-refractivity contribution in [1.29, 1.82) is 0 Å². The van der Waals surface area contributed by atoms with Crippen molar-refractivity contribution in [2.24, 2.45) is 17.1 Å². The lowest BCUT2D eigenvalue weighted by Gasteiger charge is -2.59. The van der Waals surface area contributed by atoms with Crippen molar-refractivity contribution in [3.8, 4) is 0 Å². The Morgan fingerprint density at radius 3 is 2.06 bits per heavy atom. The van der Waals surface area contributed by atoms with Gasteiger partial charge in [-0.15, -0.1) is 0 Å². The van der Waals surface area contributed by atoms with Gasteiger partial charge in [0, 0.05) is 12.8 Å². The molecule has 2 fully saturated rings. The zero-order valence-electron chi connectivity index (χ0n) is 10.9. The summed E-state index contributed by atoms with van der Waals surface area (Å²) in [4.78, 5) is 0. The largest absolute Gasteiger partial charge is 0.388 e. The van der Waals surface area contributed by atoms with E-state index in [0.29, 0.717) is 18.8 Å². The Balaban J connectivity index is 2.19. The van der Waals surface area contributed by atoms with E-state index in [1.54, 1.807) is 0 Å². The topological polar surface area (TPSA) is 46.2 Å². The summed E-state index contributed by atoms with van der Waals surface area (Å²) < 4.78 is 26.1. The summed E-state index contributed by atoms with van der Waals surface area (Å²) in [5.41, 5.74) is 3.79. The summed E-state index contributed by atoms with van der Waals surface area (Å²) >= 11 is 0. The fourth-order valence-corrected chi connectivity index (χ4v) is 4.11. The van der Waals surface area contributed by atoms with Crippen LogP contribution in [0.2, 0.25) is 0 Å². The molecule has 2 aliphatic carbocycles. The van der Waals surface area contributed by atoms with Crippen LogP contribution in [0.25, 0.3) is 0 Å². The minimum absolute atomic E-state index is 0.0241. The number of aliphatic hydroxyl groups is 1. The van der Waals surface area contributed by atoms with Crippen molar-refractivity contribution in [2.45, 2.75) is 69.9 Å². The highest BCUT2D eigenvalue weighted by molar-refractivity contribution is 5.17. The molecule has 4 heteroatoms. The Bertz CT molecular complexity index is 321. The number of hydrogen-bond donors (Lipinski definition) is 2. The molecule has 0 radical (unpaired) electrons. The summed E-state index contributed by atoms with van der Waals surface area (Å²) in [7, 11) is 0. The molecule has 2 saturated carbocycles. The van der Waals surface area contributed by atoms with Crippen LogP contribution in [-0.4, -0.2) is 22.2 Å². The van der Waals surface area contributed by atoms with E-state index in [-0.39, 0.29) is 18.3 Å².